The molecule has 0 atom stereocenters. The van der Waals surface area contributed by atoms with E-state index in [1.807, 2.05) is 6.92 Å². The number of aromatic amines is 1. The molecular weight excluding hydrogens is 254 g/mol. The molecule has 1 aliphatic carbocycles. The average molecular weight is 277 g/mol. The van der Waals surface area contributed by atoms with Crippen molar-refractivity contribution in [1.29, 1.82) is 0 Å². The number of ether oxygens (including phenoxy) is 1. The fourth-order valence-electron chi connectivity index (χ4n) is 3.42. The molecule has 2 aliphatic rings. The first-order valence-corrected chi connectivity index (χ1v) is 7.72. The van der Waals surface area contributed by atoms with Crippen molar-refractivity contribution in [2.24, 2.45) is 0 Å². The molecule has 0 bridgehead atoms. The van der Waals surface area contributed by atoms with E-state index in [1.54, 1.807) is 0 Å². The maximum atomic E-state index is 12.3. The molecule has 3 rings (SSSR count). The summed E-state index contributed by atoms with van der Waals surface area (Å²) < 4.78 is 6.05. The van der Waals surface area contributed by atoms with Gasteiger partial charge in [0.25, 0.3) is 5.56 Å². The van der Waals surface area contributed by atoms with Gasteiger partial charge in [0.2, 0.25) is 0 Å². The lowest BCUT2D eigenvalue weighted by atomic mass is 9.83. The zero-order valence-electron chi connectivity index (χ0n) is 12.1. The Morgan fingerprint density at radius 2 is 2.10 bits per heavy atom. The van der Waals surface area contributed by atoms with E-state index in [9.17, 15) is 4.79 Å². The first kappa shape index (κ1) is 13.8. The summed E-state index contributed by atoms with van der Waals surface area (Å²) in [6.45, 7) is 4.18. The van der Waals surface area contributed by atoms with E-state index < -0.39 is 0 Å². The summed E-state index contributed by atoms with van der Waals surface area (Å²) in [7, 11) is 0. The summed E-state index contributed by atoms with van der Waals surface area (Å²) in [5.41, 5.74) is 1.38. The number of aromatic nitrogens is 2. The fraction of sp³-hybridized carbons (Fsp3) is 0.733. The Morgan fingerprint density at radius 1 is 1.30 bits per heavy atom. The van der Waals surface area contributed by atoms with Crippen LogP contribution in [0.15, 0.2) is 4.79 Å². The largest absolute Gasteiger partial charge is 0.367 e. The molecule has 0 radical (unpaired) electrons. The number of hydrogen-bond acceptors (Lipinski definition) is 4. The van der Waals surface area contributed by atoms with Gasteiger partial charge in [-0.15, -0.1) is 0 Å². The minimum Gasteiger partial charge on any atom is -0.367 e. The topological polar surface area (TPSA) is 67.0 Å². The van der Waals surface area contributed by atoms with E-state index in [0.29, 0.717) is 13.2 Å². The third-order valence-corrected chi connectivity index (χ3v) is 4.45. The van der Waals surface area contributed by atoms with Gasteiger partial charge < -0.3 is 15.0 Å². The lowest BCUT2D eigenvalue weighted by Gasteiger charge is -2.36. The highest BCUT2D eigenvalue weighted by Gasteiger charge is 2.37. The molecule has 20 heavy (non-hydrogen) atoms. The summed E-state index contributed by atoms with van der Waals surface area (Å²) in [6, 6.07) is 0. The van der Waals surface area contributed by atoms with Gasteiger partial charge in [-0.3, -0.25) is 4.79 Å². The van der Waals surface area contributed by atoms with Crippen LogP contribution < -0.4 is 10.9 Å². The van der Waals surface area contributed by atoms with Crippen molar-refractivity contribution in [2.45, 2.75) is 57.6 Å². The zero-order chi connectivity index (χ0) is 14.0. The number of nitrogens with zero attached hydrogens (tertiary/aromatic N) is 1. The Hall–Kier alpha value is -1.20. The maximum Gasteiger partial charge on any atom is 0.255 e. The molecule has 0 aromatic carbocycles. The van der Waals surface area contributed by atoms with Crippen LogP contribution in [0.3, 0.4) is 0 Å². The SMILES string of the molecule is CCOC1(c2nc3c(c(=O)[nH]2)CNCC3)CCCCC1. The standard InChI is InChI=1S/C15H23N3O2/c1-2-20-15(7-4-3-5-8-15)14-17-12-6-9-16-10-11(12)13(19)18-14/h16H,2-10H2,1H3,(H,17,18,19). The summed E-state index contributed by atoms with van der Waals surface area (Å²) in [5, 5.41) is 3.22. The molecule has 5 heteroatoms. The Morgan fingerprint density at radius 3 is 2.85 bits per heavy atom. The lowest BCUT2D eigenvalue weighted by Crippen LogP contribution is -2.39. The maximum absolute atomic E-state index is 12.3. The van der Waals surface area contributed by atoms with E-state index in [2.05, 4.69) is 10.3 Å². The normalized spacial score (nSPS) is 21.4. The van der Waals surface area contributed by atoms with Crippen LogP contribution in [0.2, 0.25) is 0 Å². The molecule has 2 N–H and O–H groups in total. The van der Waals surface area contributed by atoms with Crippen molar-refractivity contribution in [2.75, 3.05) is 13.2 Å². The van der Waals surface area contributed by atoms with Crippen molar-refractivity contribution in [3.05, 3.63) is 27.4 Å². The van der Waals surface area contributed by atoms with Crippen LogP contribution >= 0.6 is 0 Å². The molecule has 110 valence electrons. The zero-order valence-corrected chi connectivity index (χ0v) is 12.1. The fourth-order valence-corrected chi connectivity index (χ4v) is 3.42. The molecule has 5 nitrogen and oxygen atoms in total. The molecule has 0 unspecified atom stereocenters. The van der Waals surface area contributed by atoms with E-state index in [4.69, 9.17) is 9.72 Å². The van der Waals surface area contributed by atoms with E-state index in [0.717, 1.165) is 55.7 Å². The second-order valence-corrected chi connectivity index (χ2v) is 5.75. The van der Waals surface area contributed by atoms with Gasteiger partial charge in [0.1, 0.15) is 11.4 Å². The van der Waals surface area contributed by atoms with Crippen LogP contribution in [0.5, 0.6) is 0 Å². The Balaban J connectivity index is 2.03. The summed E-state index contributed by atoms with van der Waals surface area (Å²) in [5.74, 6) is 0.754. The van der Waals surface area contributed by atoms with Crippen molar-refractivity contribution < 1.29 is 4.74 Å². The van der Waals surface area contributed by atoms with Gasteiger partial charge in [-0.25, -0.2) is 4.98 Å². The Bertz CT molecular complexity index is 527. The van der Waals surface area contributed by atoms with Gasteiger partial charge >= 0.3 is 0 Å². The second-order valence-electron chi connectivity index (χ2n) is 5.75. The molecule has 1 saturated carbocycles. The molecule has 1 fully saturated rings. The van der Waals surface area contributed by atoms with Gasteiger partial charge in [-0.2, -0.15) is 0 Å². The Kier molecular flexibility index (Phi) is 3.89. The quantitative estimate of drug-likeness (QED) is 0.881. The van der Waals surface area contributed by atoms with E-state index in [1.165, 1.54) is 6.42 Å². The highest BCUT2D eigenvalue weighted by atomic mass is 16.5. The van der Waals surface area contributed by atoms with Crippen LogP contribution in [-0.2, 0) is 23.3 Å². The molecule has 0 saturated heterocycles. The van der Waals surface area contributed by atoms with Gasteiger partial charge in [0, 0.05) is 26.1 Å². The predicted octanol–water partition coefficient (Wildman–Crippen LogP) is 1.61. The van der Waals surface area contributed by atoms with Crippen molar-refractivity contribution in [1.82, 2.24) is 15.3 Å². The van der Waals surface area contributed by atoms with Crippen LogP contribution in [0.4, 0.5) is 0 Å². The van der Waals surface area contributed by atoms with Gasteiger partial charge in [-0.1, -0.05) is 19.3 Å². The molecule has 1 aromatic rings. The highest BCUT2D eigenvalue weighted by molar-refractivity contribution is 5.22. The van der Waals surface area contributed by atoms with E-state index in [-0.39, 0.29) is 11.2 Å². The van der Waals surface area contributed by atoms with Crippen molar-refractivity contribution in [3.8, 4) is 0 Å². The summed E-state index contributed by atoms with van der Waals surface area (Å²) >= 11 is 0. The molecular formula is C15H23N3O2. The minimum absolute atomic E-state index is 0.00171. The third-order valence-electron chi connectivity index (χ3n) is 4.45. The number of hydrogen-bond donors (Lipinski definition) is 2. The summed E-state index contributed by atoms with van der Waals surface area (Å²) in [4.78, 5) is 20.0. The number of fused-ring (bicyclic) bond motifs is 1. The molecule has 1 aromatic heterocycles. The molecule has 0 amide bonds. The van der Waals surface area contributed by atoms with Crippen LogP contribution in [0.1, 0.15) is 56.1 Å². The van der Waals surface area contributed by atoms with Crippen molar-refractivity contribution >= 4 is 0 Å². The van der Waals surface area contributed by atoms with Crippen molar-refractivity contribution in [3.63, 3.8) is 0 Å². The lowest BCUT2D eigenvalue weighted by molar-refractivity contribution is -0.0770. The highest BCUT2D eigenvalue weighted by Crippen LogP contribution is 2.38. The predicted molar refractivity (Wildman–Crippen MR) is 76.7 cm³/mol. The number of rotatable bonds is 3. The van der Waals surface area contributed by atoms with E-state index >= 15 is 0 Å². The minimum atomic E-state index is -0.369. The van der Waals surface area contributed by atoms with Gasteiger partial charge in [0.05, 0.1) is 11.3 Å². The summed E-state index contributed by atoms with van der Waals surface area (Å²) in [6.07, 6.45) is 6.27. The second kappa shape index (κ2) is 5.66. The van der Waals surface area contributed by atoms with Gasteiger partial charge in [-0.05, 0) is 19.8 Å². The number of H-pyrrole nitrogens is 1. The monoisotopic (exact) mass is 277 g/mol. The molecule has 0 spiro atoms. The first-order valence-electron chi connectivity index (χ1n) is 7.72. The first-order chi connectivity index (χ1) is 9.75. The van der Waals surface area contributed by atoms with Crippen LogP contribution in [0, 0.1) is 0 Å². The third kappa shape index (κ3) is 2.40. The molecule has 1 aliphatic heterocycles. The number of nitrogens with one attached hydrogen (secondary N) is 2. The van der Waals surface area contributed by atoms with Gasteiger partial charge in [0.15, 0.2) is 0 Å². The van der Waals surface area contributed by atoms with Crippen LogP contribution in [0.25, 0.3) is 0 Å². The van der Waals surface area contributed by atoms with Crippen LogP contribution in [-0.4, -0.2) is 23.1 Å². The average Bonchev–Trinajstić information content (AvgIpc) is 2.48. The smallest absolute Gasteiger partial charge is 0.255 e. The molecule has 2 heterocycles. The Labute approximate surface area is 119 Å².